The van der Waals surface area contributed by atoms with Gasteiger partial charge in [0.05, 0.1) is 0 Å². The molecule has 0 aromatic heterocycles. The van der Waals surface area contributed by atoms with E-state index in [0.717, 1.165) is 6.42 Å². The Balaban J connectivity index is 4.04. The summed E-state index contributed by atoms with van der Waals surface area (Å²) in [6, 6.07) is 0. The van der Waals surface area contributed by atoms with Crippen molar-refractivity contribution in [1.82, 2.24) is 0 Å². The number of hydrogen-bond donors (Lipinski definition) is 0. The molecule has 0 aromatic rings. The molecule has 0 amide bonds. The van der Waals surface area contributed by atoms with Crippen LogP contribution in [0.2, 0.25) is 0 Å². The first-order valence-corrected chi connectivity index (χ1v) is 4.40. The average molecular weight is 151 g/mol. The van der Waals surface area contributed by atoms with Gasteiger partial charge in [0.25, 0.3) is 0 Å². The van der Waals surface area contributed by atoms with Crippen LogP contribution < -0.4 is 0 Å². The highest BCUT2D eigenvalue weighted by atomic mass is 14.0. The summed E-state index contributed by atoms with van der Waals surface area (Å²) >= 11 is 0. The average Bonchev–Trinajstić information content (AvgIpc) is 2.01. The lowest BCUT2D eigenvalue weighted by Gasteiger charge is -1.99. The first-order chi connectivity index (χ1) is 5.24. The van der Waals surface area contributed by atoms with Crippen LogP contribution in [0, 0.1) is 6.92 Å². The van der Waals surface area contributed by atoms with Crippen LogP contribution in [0.3, 0.4) is 0 Å². The summed E-state index contributed by atoms with van der Waals surface area (Å²) < 4.78 is 0. The molecule has 0 nitrogen and oxygen atoms in total. The Morgan fingerprint density at radius 1 is 1.36 bits per heavy atom. The molecule has 11 heavy (non-hydrogen) atoms. The summed E-state index contributed by atoms with van der Waals surface area (Å²) in [6.07, 6.45) is 7.72. The van der Waals surface area contributed by atoms with E-state index in [0.29, 0.717) is 0 Å². The fraction of sp³-hybridized carbons (Fsp3) is 0.545. The molecule has 0 rings (SSSR count). The molecule has 0 aromatic carbocycles. The quantitative estimate of drug-likeness (QED) is 0.534. The summed E-state index contributed by atoms with van der Waals surface area (Å²) in [4.78, 5) is 0. The highest BCUT2D eigenvalue weighted by Crippen LogP contribution is 2.10. The van der Waals surface area contributed by atoms with Crippen molar-refractivity contribution in [2.24, 2.45) is 0 Å². The lowest BCUT2D eigenvalue weighted by atomic mass is 10.1. The van der Waals surface area contributed by atoms with E-state index in [1.54, 1.807) is 0 Å². The topological polar surface area (TPSA) is 0 Å². The third kappa shape index (κ3) is 4.83. The largest absolute Gasteiger partial charge is 0.0810 e. The summed E-state index contributed by atoms with van der Waals surface area (Å²) in [5, 5.41) is 0. The van der Waals surface area contributed by atoms with Gasteiger partial charge in [0.2, 0.25) is 0 Å². The van der Waals surface area contributed by atoms with E-state index in [2.05, 4.69) is 33.8 Å². The lowest BCUT2D eigenvalue weighted by molar-refractivity contribution is 0.901. The molecule has 63 valence electrons. The maximum atomic E-state index is 3.76. The normalized spacial score (nSPS) is 13.8. The third-order valence-corrected chi connectivity index (χ3v) is 1.75. The monoisotopic (exact) mass is 151 g/mol. The van der Waals surface area contributed by atoms with E-state index in [1.165, 1.54) is 24.0 Å². The zero-order valence-corrected chi connectivity index (χ0v) is 7.98. The van der Waals surface area contributed by atoms with E-state index in [9.17, 15) is 0 Å². The van der Waals surface area contributed by atoms with Crippen molar-refractivity contribution in [3.63, 3.8) is 0 Å². The van der Waals surface area contributed by atoms with Crippen molar-refractivity contribution >= 4 is 0 Å². The summed E-state index contributed by atoms with van der Waals surface area (Å²) in [7, 11) is 0. The number of allylic oxidation sites excluding steroid dienone is 4. The smallest absolute Gasteiger partial charge is 0.0310 e. The molecule has 0 atom stereocenters. The van der Waals surface area contributed by atoms with Gasteiger partial charge in [0, 0.05) is 0 Å². The standard InChI is InChI=1S/C11H19/c1-5-8-10(4)9-11(6-2)7-3/h6,9H,2,5,7-8H2,1,3-4H3/b10-9+,11-6+. The van der Waals surface area contributed by atoms with Crippen LogP contribution in [0.4, 0.5) is 0 Å². The molecule has 0 heteroatoms. The zero-order valence-electron chi connectivity index (χ0n) is 7.98. The predicted molar refractivity (Wildman–Crippen MR) is 52.4 cm³/mol. The fourth-order valence-corrected chi connectivity index (χ4v) is 1.09. The molecule has 0 saturated carbocycles. The van der Waals surface area contributed by atoms with E-state index in [1.807, 2.05) is 6.08 Å². The van der Waals surface area contributed by atoms with Crippen molar-refractivity contribution in [3.8, 4) is 0 Å². The molecule has 0 N–H and O–H groups in total. The maximum Gasteiger partial charge on any atom is -0.0310 e. The van der Waals surface area contributed by atoms with Crippen LogP contribution in [0.15, 0.2) is 23.3 Å². The maximum absolute atomic E-state index is 3.76. The molecule has 0 bridgehead atoms. The molecule has 0 aliphatic carbocycles. The Bertz CT molecular complexity index is 149. The van der Waals surface area contributed by atoms with E-state index >= 15 is 0 Å². The van der Waals surface area contributed by atoms with Crippen molar-refractivity contribution in [2.45, 2.75) is 40.0 Å². The third-order valence-electron chi connectivity index (χ3n) is 1.75. The van der Waals surface area contributed by atoms with Gasteiger partial charge in [-0.1, -0.05) is 43.6 Å². The predicted octanol–water partition coefficient (Wildman–Crippen LogP) is 3.90. The van der Waals surface area contributed by atoms with Gasteiger partial charge in [-0.15, -0.1) is 0 Å². The second-order valence-corrected chi connectivity index (χ2v) is 2.87. The Labute approximate surface area is 71.0 Å². The van der Waals surface area contributed by atoms with E-state index in [-0.39, 0.29) is 0 Å². The minimum atomic E-state index is 1.09. The van der Waals surface area contributed by atoms with Crippen LogP contribution in [-0.2, 0) is 0 Å². The van der Waals surface area contributed by atoms with Gasteiger partial charge in [0.15, 0.2) is 0 Å². The van der Waals surface area contributed by atoms with Crippen LogP contribution in [0.25, 0.3) is 0 Å². The molecule has 0 heterocycles. The second-order valence-electron chi connectivity index (χ2n) is 2.87. The SMILES string of the molecule is [CH2]/C=C(/C=C(\C)CCC)CC. The number of hydrogen-bond acceptors (Lipinski definition) is 0. The van der Waals surface area contributed by atoms with Gasteiger partial charge in [0.1, 0.15) is 0 Å². The van der Waals surface area contributed by atoms with E-state index < -0.39 is 0 Å². The first-order valence-electron chi connectivity index (χ1n) is 4.40. The van der Waals surface area contributed by atoms with Gasteiger partial charge in [-0.3, -0.25) is 0 Å². The summed E-state index contributed by atoms with van der Waals surface area (Å²) in [6.45, 7) is 10.3. The highest BCUT2D eigenvalue weighted by Gasteiger charge is 1.89. The second kappa shape index (κ2) is 6.21. The molecule has 0 aliphatic heterocycles. The fourth-order valence-electron chi connectivity index (χ4n) is 1.09. The molecule has 1 radical (unpaired) electrons. The van der Waals surface area contributed by atoms with Crippen molar-refractivity contribution < 1.29 is 0 Å². The van der Waals surface area contributed by atoms with Crippen LogP contribution in [0.1, 0.15) is 40.0 Å². The lowest BCUT2D eigenvalue weighted by Crippen LogP contribution is -1.79. The van der Waals surface area contributed by atoms with E-state index in [4.69, 9.17) is 0 Å². The first kappa shape index (κ1) is 10.5. The molecule has 0 saturated heterocycles. The highest BCUT2D eigenvalue weighted by molar-refractivity contribution is 5.23. The minimum absolute atomic E-state index is 1.09. The van der Waals surface area contributed by atoms with Crippen LogP contribution in [0.5, 0.6) is 0 Å². The van der Waals surface area contributed by atoms with Gasteiger partial charge >= 0.3 is 0 Å². The molecule has 0 aliphatic rings. The molecular formula is C11H19. The van der Waals surface area contributed by atoms with Gasteiger partial charge in [-0.05, 0) is 26.7 Å². The van der Waals surface area contributed by atoms with Crippen molar-refractivity contribution in [1.29, 1.82) is 0 Å². The summed E-state index contributed by atoms with van der Waals surface area (Å²) in [5.74, 6) is 0. The van der Waals surface area contributed by atoms with Crippen LogP contribution >= 0.6 is 0 Å². The molecule has 0 fully saturated rings. The Morgan fingerprint density at radius 2 is 2.00 bits per heavy atom. The van der Waals surface area contributed by atoms with Crippen LogP contribution in [-0.4, -0.2) is 0 Å². The van der Waals surface area contributed by atoms with Crippen molar-refractivity contribution in [3.05, 3.63) is 30.2 Å². The molecule has 0 spiro atoms. The van der Waals surface area contributed by atoms with Gasteiger partial charge in [-0.2, -0.15) is 0 Å². The summed E-state index contributed by atoms with van der Waals surface area (Å²) in [5.41, 5.74) is 2.81. The van der Waals surface area contributed by atoms with Crippen molar-refractivity contribution in [2.75, 3.05) is 0 Å². The van der Waals surface area contributed by atoms with Gasteiger partial charge in [-0.25, -0.2) is 0 Å². The Kier molecular flexibility index (Phi) is 5.91. The van der Waals surface area contributed by atoms with Gasteiger partial charge < -0.3 is 0 Å². The number of rotatable bonds is 4. The molecular weight excluding hydrogens is 132 g/mol. The Hall–Kier alpha value is -0.520. The Morgan fingerprint density at radius 3 is 2.36 bits per heavy atom. The minimum Gasteiger partial charge on any atom is -0.0810 e. The molecule has 0 unspecified atom stereocenters. The zero-order chi connectivity index (χ0) is 8.69.